The Kier molecular flexibility index (Phi) is 4.79. The molecule has 0 saturated carbocycles. The van der Waals surface area contributed by atoms with E-state index in [1.807, 2.05) is 4.90 Å². The summed E-state index contributed by atoms with van der Waals surface area (Å²) in [6, 6.07) is 0. The largest absolute Gasteiger partial charge is 0.342 e. The van der Waals surface area contributed by atoms with Crippen molar-refractivity contribution in [2.45, 2.75) is 33.1 Å². The first-order valence-electron chi connectivity index (χ1n) is 5.56. The summed E-state index contributed by atoms with van der Waals surface area (Å²) < 4.78 is 0. The maximum absolute atomic E-state index is 11.5. The standard InChI is InChI=1S/C11H21NOS/c1-3-4-10(8-14)7-12-6-9(2)5-11(12)13/h9-10,14H,3-8H2,1-2H3. The fourth-order valence-electron chi connectivity index (χ4n) is 2.11. The Balaban J connectivity index is 2.38. The number of rotatable bonds is 5. The van der Waals surface area contributed by atoms with Gasteiger partial charge in [-0.25, -0.2) is 0 Å². The number of hydrogen-bond acceptors (Lipinski definition) is 2. The Hall–Kier alpha value is -0.180. The first-order valence-corrected chi connectivity index (χ1v) is 6.19. The maximum Gasteiger partial charge on any atom is 0.222 e. The molecule has 1 saturated heterocycles. The Morgan fingerprint density at radius 3 is 2.79 bits per heavy atom. The highest BCUT2D eigenvalue weighted by Crippen LogP contribution is 2.20. The van der Waals surface area contributed by atoms with Crippen LogP contribution in [-0.4, -0.2) is 29.6 Å². The molecule has 82 valence electrons. The Morgan fingerprint density at radius 2 is 2.36 bits per heavy atom. The van der Waals surface area contributed by atoms with Crippen LogP contribution in [0.1, 0.15) is 33.1 Å². The third-order valence-corrected chi connectivity index (χ3v) is 3.36. The van der Waals surface area contributed by atoms with Crippen molar-refractivity contribution in [2.75, 3.05) is 18.8 Å². The van der Waals surface area contributed by atoms with Gasteiger partial charge in [0.05, 0.1) is 0 Å². The second kappa shape index (κ2) is 5.64. The molecule has 0 spiro atoms. The van der Waals surface area contributed by atoms with E-state index in [-0.39, 0.29) is 0 Å². The lowest BCUT2D eigenvalue weighted by atomic mass is 10.1. The van der Waals surface area contributed by atoms with Crippen LogP contribution in [0, 0.1) is 11.8 Å². The van der Waals surface area contributed by atoms with Gasteiger partial charge in [0.2, 0.25) is 5.91 Å². The number of nitrogens with zero attached hydrogens (tertiary/aromatic N) is 1. The second-order valence-corrected chi connectivity index (χ2v) is 4.81. The van der Waals surface area contributed by atoms with Gasteiger partial charge < -0.3 is 4.90 Å². The first-order chi connectivity index (χ1) is 6.67. The number of carbonyl (C=O) groups is 1. The molecule has 1 heterocycles. The number of likely N-dealkylation sites (tertiary alicyclic amines) is 1. The van der Waals surface area contributed by atoms with Crippen molar-refractivity contribution in [2.24, 2.45) is 11.8 Å². The molecule has 0 aromatic rings. The third-order valence-electron chi connectivity index (χ3n) is 2.84. The monoisotopic (exact) mass is 215 g/mol. The predicted octanol–water partition coefficient (Wildman–Crippen LogP) is 2.20. The topological polar surface area (TPSA) is 20.3 Å². The highest BCUT2D eigenvalue weighted by Gasteiger charge is 2.27. The van der Waals surface area contributed by atoms with E-state index in [1.165, 1.54) is 12.8 Å². The van der Waals surface area contributed by atoms with Crippen molar-refractivity contribution in [3.05, 3.63) is 0 Å². The van der Waals surface area contributed by atoms with Gasteiger partial charge in [0.15, 0.2) is 0 Å². The highest BCUT2D eigenvalue weighted by atomic mass is 32.1. The molecule has 0 aromatic heterocycles. The van der Waals surface area contributed by atoms with E-state index in [0.29, 0.717) is 17.7 Å². The van der Waals surface area contributed by atoms with Gasteiger partial charge in [-0.3, -0.25) is 4.79 Å². The molecule has 2 nitrogen and oxygen atoms in total. The molecule has 14 heavy (non-hydrogen) atoms. The Morgan fingerprint density at radius 1 is 1.64 bits per heavy atom. The molecule has 2 atom stereocenters. The van der Waals surface area contributed by atoms with Crippen LogP contribution in [0.2, 0.25) is 0 Å². The number of carbonyl (C=O) groups excluding carboxylic acids is 1. The summed E-state index contributed by atoms with van der Waals surface area (Å²) in [5, 5.41) is 0. The molecule has 0 bridgehead atoms. The van der Waals surface area contributed by atoms with Gasteiger partial charge in [-0.1, -0.05) is 20.3 Å². The van der Waals surface area contributed by atoms with Crippen molar-refractivity contribution in [1.82, 2.24) is 4.90 Å². The van der Waals surface area contributed by atoms with E-state index in [0.717, 1.165) is 25.3 Å². The molecule has 1 fully saturated rings. The smallest absolute Gasteiger partial charge is 0.222 e. The van der Waals surface area contributed by atoms with E-state index >= 15 is 0 Å². The minimum absolute atomic E-state index is 0.334. The number of thiol groups is 1. The lowest BCUT2D eigenvalue weighted by Crippen LogP contribution is -2.31. The van der Waals surface area contributed by atoms with Crippen LogP contribution in [0.15, 0.2) is 0 Å². The molecule has 0 aliphatic carbocycles. The van der Waals surface area contributed by atoms with Gasteiger partial charge in [0.1, 0.15) is 0 Å². The molecule has 0 aromatic carbocycles. The van der Waals surface area contributed by atoms with Crippen molar-refractivity contribution < 1.29 is 4.79 Å². The summed E-state index contributed by atoms with van der Waals surface area (Å²) in [5.74, 6) is 2.36. The summed E-state index contributed by atoms with van der Waals surface area (Å²) in [7, 11) is 0. The Bertz CT molecular complexity index is 196. The minimum Gasteiger partial charge on any atom is -0.342 e. The average molecular weight is 215 g/mol. The van der Waals surface area contributed by atoms with Gasteiger partial charge in [-0.15, -0.1) is 0 Å². The summed E-state index contributed by atoms with van der Waals surface area (Å²) >= 11 is 4.34. The van der Waals surface area contributed by atoms with Gasteiger partial charge in [-0.05, 0) is 24.0 Å². The normalized spacial score (nSPS) is 24.4. The van der Waals surface area contributed by atoms with Crippen LogP contribution in [0.5, 0.6) is 0 Å². The third kappa shape index (κ3) is 3.19. The highest BCUT2D eigenvalue weighted by molar-refractivity contribution is 7.80. The SMILES string of the molecule is CCCC(CS)CN1CC(C)CC1=O. The zero-order chi connectivity index (χ0) is 10.6. The number of amides is 1. The second-order valence-electron chi connectivity index (χ2n) is 4.45. The van der Waals surface area contributed by atoms with Crippen LogP contribution >= 0.6 is 12.6 Å². The summed E-state index contributed by atoms with van der Waals surface area (Å²) in [4.78, 5) is 13.6. The van der Waals surface area contributed by atoms with Gasteiger partial charge >= 0.3 is 0 Å². The maximum atomic E-state index is 11.5. The molecule has 3 heteroatoms. The van der Waals surface area contributed by atoms with Gasteiger partial charge in [0, 0.05) is 19.5 Å². The van der Waals surface area contributed by atoms with E-state index in [4.69, 9.17) is 0 Å². The zero-order valence-electron chi connectivity index (χ0n) is 9.20. The Labute approximate surface area is 92.5 Å². The first kappa shape index (κ1) is 11.9. The van der Waals surface area contributed by atoms with Crippen molar-refractivity contribution in [1.29, 1.82) is 0 Å². The average Bonchev–Trinajstić information content (AvgIpc) is 2.44. The lowest BCUT2D eigenvalue weighted by Gasteiger charge is -2.22. The predicted molar refractivity (Wildman–Crippen MR) is 62.6 cm³/mol. The van der Waals surface area contributed by atoms with Crippen LogP contribution in [0.4, 0.5) is 0 Å². The summed E-state index contributed by atoms with van der Waals surface area (Å²) in [6.45, 7) is 6.20. The number of hydrogen-bond donors (Lipinski definition) is 1. The fourth-order valence-corrected chi connectivity index (χ4v) is 2.40. The molecular weight excluding hydrogens is 194 g/mol. The van der Waals surface area contributed by atoms with E-state index in [2.05, 4.69) is 26.5 Å². The molecule has 1 aliphatic rings. The fraction of sp³-hybridized carbons (Fsp3) is 0.909. The lowest BCUT2D eigenvalue weighted by molar-refractivity contribution is -0.128. The van der Waals surface area contributed by atoms with Gasteiger partial charge in [-0.2, -0.15) is 12.6 Å². The minimum atomic E-state index is 0.334. The molecule has 1 amide bonds. The van der Waals surface area contributed by atoms with Gasteiger partial charge in [0.25, 0.3) is 0 Å². The zero-order valence-corrected chi connectivity index (χ0v) is 10.1. The van der Waals surface area contributed by atoms with Crippen LogP contribution in [0.3, 0.4) is 0 Å². The van der Waals surface area contributed by atoms with E-state index < -0.39 is 0 Å². The molecule has 0 N–H and O–H groups in total. The summed E-state index contributed by atoms with van der Waals surface area (Å²) in [6.07, 6.45) is 3.11. The van der Waals surface area contributed by atoms with Crippen LogP contribution in [0.25, 0.3) is 0 Å². The van der Waals surface area contributed by atoms with E-state index in [9.17, 15) is 4.79 Å². The molecule has 1 rings (SSSR count). The van der Waals surface area contributed by atoms with Crippen molar-refractivity contribution in [3.8, 4) is 0 Å². The molecule has 2 unspecified atom stereocenters. The summed E-state index contributed by atoms with van der Waals surface area (Å²) in [5.41, 5.74) is 0. The quantitative estimate of drug-likeness (QED) is 0.697. The van der Waals surface area contributed by atoms with Crippen molar-refractivity contribution in [3.63, 3.8) is 0 Å². The molecule has 1 aliphatic heterocycles. The van der Waals surface area contributed by atoms with Crippen LogP contribution < -0.4 is 0 Å². The van der Waals surface area contributed by atoms with Crippen LogP contribution in [-0.2, 0) is 4.79 Å². The van der Waals surface area contributed by atoms with E-state index in [1.54, 1.807) is 0 Å². The van der Waals surface area contributed by atoms with Crippen molar-refractivity contribution >= 4 is 18.5 Å². The molecule has 0 radical (unpaired) electrons. The molecular formula is C11H21NOS.